The van der Waals surface area contributed by atoms with Crippen LogP contribution in [-0.4, -0.2) is 41.9 Å². The first-order chi connectivity index (χ1) is 15.0. The molecule has 0 spiro atoms. The van der Waals surface area contributed by atoms with Gasteiger partial charge in [0.25, 0.3) is 0 Å². The van der Waals surface area contributed by atoms with E-state index in [-0.39, 0.29) is 18.9 Å². The molecule has 2 fully saturated rings. The summed E-state index contributed by atoms with van der Waals surface area (Å²) in [5, 5.41) is 19.6. The highest BCUT2D eigenvalue weighted by molar-refractivity contribution is 5.78. The van der Waals surface area contributed by atoms with Gasteiger partial charge in [0.1, 0.15) is 17.3 Å². The third-order valence-corrected chi connectivity index (χ3v) is 6.68. The number of aliphatic carboxylic acids is 1. The number of alkyl halides is 1. The Hall–Kier alpha value is -1.40. The molecule has 0 amide bonds. The summed E-state index contributed by atoms with van der Waals surface area (Å²) >= 11 is 0. The van der Waals surface area contributed by atoms with Crippen LogP contribution in [0.1, 0.15) is 90.4 Å². The zero-order chi connectivity index (χ0) is 22.5. The lowest BCUT2D eigenvalue weighted by Crippen LogP contribution is -2.42. The Balaban J connectivity index is 2.35. The van der Waals surface area contributed by atoms with Gasteiger partial charge in [-0.15, -0.1) is 0 Å². The van der Waals surface area contributed by atoms with Crippen LogP contribution in [0, 0.1) is 11.3 Å². The van der Waals surface area contributed by atoms with Gasteiger partial charge < -0.3 is 19.7 Å². The zero-order valence-corrected chi connectivity index (χ0v) is 19.1. The number of carboxylic acid groups (broad SMARTS) is 1. The smallest absolute Gasteiger partial charge is 0.317 e. The number of aliphatic hydroxyl groups is 1. The second-order valence-corrected chi connectivity index (χ2v) is 8.91. The molecule has 2 aliphatic rings. The van der Waals surface area contributed by atoms with E-state index in [0.29, 0.717) is 31.6 Å². The zero-order valence-electron chi connectivity index (χ0n) is 19.1. The number of unbranched alkanes of at least 4 members (excludes halogenated alkanes) is 1. The van der Waals surface area contributed by atoms with E-state index in [2.05, 4.69) is 0 Å². The van der Waals surface area contributed by atoms with Crippen LogP contribution in [0.4, 0.5) is 4.39 Å². The minimum absolute atomic E-state index is 0.0453. The highest BCUT2D eigenvalue weighted by Crippen LogP contribution is 2.49. The molecule has 31 heavy (non-hydrogen) atoms. The van der Waals surface area contributed by atoms with Crippen LogP contribution in [0.15, 0.2) is 24.0 Å². The topological polar surface area (TPSA) is 76.0 Å². The Labute approximate surface area is 186 Å². The van der Waals surface area contributed by atoms with Crippen molar-refractivity contribution in [2.75, 3.05) is 13.2 Å². The number of carboxylic acids is 1. The maximum atomic E-state index is 14.5. The molecule has 1 saturated heterocycles. The molecule has 1 saturated carbocycles. The van der Waals surface area contributed by atoms with Gasteiger partial charge in [-0.1, -0.05) is 44.8 Å². The van der Waals surface area contributed by atoms with E-state index in [4.69, 9.17) is 14.6 Å². The van der Waals surface area contributed by atoms with E-state index in [1.807, 2.05) is 13.0 Å². The van der Waals surface area contributed by atoms with E-state index >= 15 is 0 Å². The normalized spacial score (nSPS) is 23.7. The highest BCUT2D eigenvalue weighted by atomic mass is 19.1. The van der Waals surface area contributed by atoms with Gasteiger partial charge in [0, 0.05) is 12.8 Å². The SMILES string of the molecule is CCCCC(F)C/C=C(/OC1CCCCO1)[C@](CC/C=C\CO)(C(=O)O)C1CCCC1. The summed E-state index contributed by atoms with van der Waals surface area (Å²) in [5.74, 6) is -0.561. The Morgan fingerprint density at radius 2 is 1.97 bits per heavy atom. The van der Waals surface area contributed by atoms with Crippen LogP contribution >= 0.6 is 0 Å². The van der Waals surface area contributed by atoms with Crippen LogP contribution in [0.5, 0.6) is 0 Å². The van der Waals surface area contributed by atoms with Crippen LogP contribution in [0.25, 0.3) is 0 Å². The maximum absolute atomic E-state index is 14.5. The molecule has 1 heterocycles. The first kappa shape index (κ1) is 25.9. The Morgan fingerprint density at radius 1 is 1.23 bits per heavy atom. The fourth-order valence-corrected chi connectivity index (χ4v) is 4.90. The first-order valence-corrected chi connectivity index (χ1v) is 12.2. The third kappa shape index (κ3) is 7.60. The van der Waals surface area contributed by atoms with Crippen molar-refractivity contribution in [2.24, 2.45) is 11.3 Å². The fraction of sp³-hybridized carbons (Fsp3) is 0.800. The number of hydrogen-bond acceptors (Lipinski definition) is 4. The highest BCUT2D eigenvalue weighted by Gasteiger charge is 2.51. The maximum Gasteiger partial charge on any atom is 0.317 e. The summed E-state index contributed by atoms with van der Waals surface area (Å²) in [6.45, 7) is 2.56. The molecular weight excluding hydrogens is 399 g/mol. The molecule has 1 aliphatic heterocycles. The predicted octanol–water partition coefficient (Wildman–Crippen LogP) is 5.92. The molecule has 2 N–H and O–H groups in total. The molecule has 178 valence electrons. The molecule has 2 unspecified atom stereocenters. The number of halogens is 1. The second-order valence-electron chi connectivity index (χ2n) is 8.91. The lowest BCUT2D eigenvalue weighted by Gasteiger charge is -2.39. The van der Waals surface area contributed by atoms with Gasteiger partial charge >= 0.3 is 5.97 Å². The molecule has 1 aliphatic carbocycles. The van der Waals surface area contributed by atoms with Crippen LogP contribution in [0.2, 0.25) is 0 Å². The van der Waals surface area contributed by atoms with Crippen molar-refractivity contribution in [3.63, 3.8) is 0 Å². The second kappa shape index (κ2) is 13.9. The number of allylic oxidation sites excluding steroid dienone is 2. The number of aliphatic hydroxyl groups excluding tert-OH is 1. The lowest BCUT2D eigenvalue weighted by molar-refractivity contribution is -0.171. The van der Waals surface area contributed by atoms with E-state index < -0.39 is 23.8 Å². The van der Waals surface area contributed by atoms with Crippen molar-refractivity contribution in [2.45, 2.75) is 103 Å². The minimum atomic E-state index is -1.19. The molecule has 6 heteroatoms. The molecular formula is C25H41FO5. The van der Waals surface area contributed by atoms with E-state index in [0.717, 1.165) is 57.8 Å². The average molecular weight is 441 g/mol. The fourth-order valence-electron chi connectivity index (χ4n) is 4.90. The van der Waals surface area contributed by atoms with Crippen molar-refractivity contribution in [3.05, 3.63) is 24.0 Å². The predicted molar refractivity (Wildman–Crippen MR) is 119 cm³/mol. The van der Waals surface area contributed by atoms with Gasteiger partial charge in [0.15, 0.2) is 6.29 Å². The monoisotopic (exact) mass is 440 g/mol. The average Bonchev–Trinajstić information content (AvgIpc) is 3.31. The van der Waals surface area contributed by atoms with Crippen LogP contribution < -0.4 is 0 Å². The van der Waals surface area contributed by atoms with E-state index in [1.165, 1.54) is 0 Å². The molecule has 0 aromatic heterocycles. The number of hydrogen-bond donors (Lipinski definition) is 2. The summed E-state index contributed by atoms with van der Waals surface area (Å²) in [6.07, 6.45) is 13.3. The largest absolute Gasteiger partial charge is 0.480 e. The Morgan fingerprint density at radius 3 is 2.58 bits per heavy atom. The number of carbonyl (C=O) groups is 1. The lowest BCUT2D eigenvalue weighted by atomic mass is 9.69. The molecule has 0 radical (unpaired) electrons. The van der Waals surface area contributed by atoms with Crippen molar-refractivity contribution in [1.82, 2.24) is 0 Å². The summed E-state index contributed by atoms with van der Waals surface area (Å²) < 4.78 is 26.6. The molecule has 3 atom stereocenters. The van der Waals surface area contributed by atoms with Crippen molar-refractivity contribution >= 4 is 5.97 Å². The molecule has 2 rings (SSSR count). The van der Waals surface area contributed by atoms with Gasteiger partial charge in [0.05, 0.1) is 13.2 Å². The molecule has 0 aromatic rings. The van der Waals surface area contributed by atoms with Gasteiger partial charge in [-0.2, -0.15) is 0 Å². The molecule has 5 nitrogen and oxygen atoms in total. The number of rotatable bonds is 14. The quantitative estimate of drug-likeness (QED) is 0.259. The van der Waals surface area contributed by atoms with Gasteiger partial charge in [-0.3, -0.25) is 4.79 Å². The Bertz CT molecular complexity index is 578. The van der Waals surface area contributed by atoms with Gasteiger partial charge in [0.2, 0.25) is 0 Å². The van der Waals surface area contributed by atoms with Gasteiger partial charge in [-0.25, -0.2) is 4.39 Å². The molecule has 0 bridgehead atoms. The standard InChI is InChI=1S/C25H41FO5/c1-2-3-13-21(26)15-16-22(31-23-14-7-10-19-30-23)25(24(28)29,17-8-4-9-18-27)20-11-5-6-12-20/h4,9,16,20-21,23,27H,2-3,5-8,10-15,17-19H2,1H3,(H,28,29)/b9-4-,22-16+/t21?,23?,25-/m1/s1. The first-order valence-electron chi connectivity index (χ1n) is 12.2. The summed E-state index contributed by atoms with van der Waals surface area (Å²) in [6, 6.07) is 0. The van der Waals surface area contributed by atoms with Gasteiger partial charge in [-0.05, 0) is 56.9 Å². The Kier molecular flexibility index (Phi) is 11.6. The van der Waals surface area contributed by atoms with E-state index in [9.17, 15) is 14.3 Å². The van der Waals surface area contributed by atoms with Crippen molar-refractivity contribution < 1.29 is 28.9 Å². The molecule has 0 aromatic carbocycles. The van der Waals surface area contributed by atoms with Crippen LogP contribution in [-0.2, 0) is 14.3 Å². The summed E-state index contributed by atoms with van der Waals surface area (Å²) in [7, 11) is 0. The van der Waals surface area contributed by atoms with Crippen molar-refractivity contribution in [1.29, 1.82) is 0 Å². The summed E-state index contributed by atoms with van der Waals surface area (Å²) in [4.78, 5) is 12.8. The summed E-state index contributed by atoms with van der Waals surface area (Å²) in [5.41, 5.74) is -1.19. The number of ether oxygens (including phenoxy) is 2. The van der Waals surface area contributed by atoms with Crippen LogP contribution in [0.3, 0.4) is 0 Å². The third-order valence-electron chi connectivity index (χ3n) is 6.68. The minimum Gasteiger partial charge on any atom is -0.480 e. The van der Waals surface area contributed by atoms with Crippen molar-refractivity contribution in [3.8, 4) is 0 Å². The van der Waals surface area contributed by atoms with E-state index in [1.54, 1.807) is 12.2 Å².